The Bertz CT molecular complexity index is 793. The molecule has 0 unspecified atom stereocenters. The molecule has 2 heterocycles. The predicted molar refractivity (Wildman–Crippen MR) is 75.7 cm³/mol. The molecule has 2 aromatic rings. The van der Waals surface area contributed by atoms with Gasteiger partial charge in [0.25, 0.3) is 10.0 Å². The summed E-state index contributed by atoms with van der Waals surface area (Å²) in [7, 11) is -3.94. The summed E-state index contributed by atoms with van der Waals surface area (Å²) in [6.07, 6.45) is 3.70. The number of thiazole rings is 1. The number of sulfonamides is 1. The average molecular weight is 327 g/mol. The lowest BCUT2D eigenvalue weighted by atomic mass is 10.4. The first-order chi connectivity index (χ1) is 10.0. The van der Waals surface area contributed by atoms with Crippen LogP contribution in [0, 0.1) is 17.7 Å². The minimum atomic E-state index is -3.94. The largest absolute Gasteiger partial charge is 0.395 e. The summed E-state index contributed by atoms with van der Waals surface area (Å²) < 4.78 is 39.2. The highest BCUT2D eigenvalue weighted by molar-refractivity contribution is 7.93. The summed E-state index contributed by atoms with van der Waals surface area (Å²) in [6, 6.07) is 0.866. The molecule has 0 saturated carbocycles. The Morgan fingerprint density at radius 3 is 2.90 bits per heavy atom. The summed E-state index contributed by atoms with van der Waals surface area (Å²) in [4.78, 5) is 7.63. The fourth-order valence-corrected chi connectivity index (χ4v) is 3.20. The van der Waals surface area contributed by atoms with Crippen molar-refractivity contribution in [3.05, 3.63) is 35.4 Å². The third kappa shape index (κ3) is 4.22. The monoisotopic (exact) mass is 327 g/mol. The molecule has 0 spiro atoms. The third-order valence-electron chi connectivity index (χ3n) is 2.17. The number of anilines is 1. The number of nitrogens with zero attached hydrogens (tertiary/aromatic N) is 2. The first kappa shape index (κ1) is 15.4. The Labute approximate surface area is 124 Å². The van der Waals surface area contributed by atoms with Gasteiger partial charge in [-0.15, -0.1) is 0 Å². The summed E-state index contributed by atoms with van der Waals surface area (Å²) in [5.41, 5.74) is 0. The van der Waals surface area contributed by atoms with Gasteiger partial charge >= 0.3 is 0 Å². The van der Waals surface area contributed by atoms with Gasteiger partial charge in [-0.05, 0) is 6.07 Å². The van der Waals surface area contributed by atoms with Crippen LogP contribution in [-0.2, 0) is 10.0 Å². The Hall–Kier alpha value is -2.02. The van der Waals surface area contributed by atoms with E-state index in [1.54, 1.807) is 0 Å². The van der Waals surface area contributed by atoms with Gasteiger partial charge in [0.15, 0.2) is 5.13 Å². The van der Waals surface area contributed by atoms with Crippen LogP contribution in [0.3, 0.4) is 0 Å². The minimum absolute atomic E-state index is 0.0438. The van der Waals surface area contributed by atoms with Crippen molar-refractivity contribution < 1.29 is 17.9 Å². The number of aliphatic hydroxyl groups excluding tert-OH is 1. The molecule has 0 atom stereocenters. The molecule has 0 fully saturated rings. The highest BCUT2D eigenvalue weighted by Gasteiger charge is 2.17. The van der Waals surface area contributed by atoms with E-state index in [1.165, 1.54) is 6.20 Å². The van der Waals surface area contributed by atoms with Crippen LogP contribution in [0.4, 0.5) is 9.52 Å². The quantitative estimate of drug-likeness (QED) is 0.824. The lowest BCUT2D eigenvalue weighted by Gasteiger charge is -2.03. The maximum absolute atomic E-state index is 13.0. The number of hydrogen-bond acceptors (Lipinski definition) is 6. The maximum atomic E-state index is 13.0. The van der Waals surface area contributed by atoms with E-state index in [0.29, 0.717) is 11.3 Å². The zero-order valence-electron chi connectivity index (χ0n) is 10.6. The second-order valence-electron chi connectivity index (χ2n) is 3.75. The third-order valence-corrected chi connectivity index (χ3v) is 4.43. The molecular formula is C12H10FN3O3S2. The van der Waals surface area contributed by atoms with Gasteiger partial charge in [-0.1, -0.05) is 23.2 Å². The summed E-state index contributed by atoms with van der Waals surface area (Å²) in [5.74, 6) is 4.70. The molecule has 6 nitrogen and oxygen atoms in total. The van der Waals surface area contributed by atoms with Gasteiger partial charge in [-0.2, -0.15) is 0 Å². The van der Waals surface area contributed by atoms with E-state index in [1.807, 2.05) is 0 Å². The van der Waals surface area contributed by atoms with Crippen molar-refractivity contribution in [2.24, 2.45) is 0 Å². The number of halogens is 1. The van der Waals surface area contributed by atoms with Crippen LogP contribution in [0.5, 0.6) is 0 Å². The Morgan fingerprint density at radius 1 is 1.38 bits per heavy atom. The zero-order valence-corrected chi connectivity index (χ0v) is 12.2. The van der Waals surface area contributed by atoms with Gasteiger partial charge in [0.2, 0.25) is 0 Å². The van der Waals surface area contributed by atoms with Crippen LogP contribution >= 0.6 is 11.3 Å². The standard InChI is InChI=1S/C12H10FN3O3S2/c13-9-5-11(8-14-6-9)21(18,19)16-12-15-7-10(20-12)3-1-2-4-17/h5-8,17H,2,4H2,(H,15,16). The number of rotatable bonds is 4. The van der Waals surface area contributed by atoms with E-state index < -0.39 is 15.8 Å². The Kier molecular flexibility index (Phi) is 4.85. The van der Waals surface area contributed by atoms with E-state index in [9.17, 15) is 12.8 Å². The van der Waals surface area contributed by atoms with Crippen molar-refractivity contribution >= 4 is 26.5 Å². The maximum Gasteiger partial charge on any atom is 0.265 e. The number of nitrogens with one attached hydrogen (secondary N) is 1. The van der Waals surface area contributed by atoms with Crippen molar-refractivity contribution in [3.63, 3.8) is 0 Å². The van der Waals surface area contributed by atoms with Gasteiger partial charge < -0.3 is 5.11 Å². The predicted octanol–water partition coefficient (Wildman–Crippen LogP) is 1.21. The van der Waals surface area contributed by atoms with Crippen molar-refractivity contribution in [2.75, 3.05) is 11.3 Å². The molecule has 0 saturated heterocycles. The van der Waals surface area contributed by atoms with Crippen LogP contribution in [-0.4, -0.2) is 30.1 Å². The fourth-order valence-electron chi connectivity index (χ4n) is 1.30. The van der Waals surface area contributed by atoms with E-state index >= 15 is 0 Å². The molecule has 21 heavy (non-hydrogen) atoms. The zero-order chi connectivity index (χ0) is 15.3. The van der Waals surface area contributed by atoms with Crippen molar-refractivity contribution in [1.82, 2.24) is 9.97 Å². The van der Waals surface area contributed by atoms with Crippen LogP contribution in [0.15, 0.2) is 29.6 Å². The second-order valence-corrected chi connectivity index (χ2v) is 6.46. The van der Waals surface area contributed by atoms with Crippen molar-refractivity contribution in [3.8, 4) is 11.8 Å². The summed E-state index contributed by atoms with van der Waals surface area (Å²) in [5, 5.41) is 8.73. The molecule has 0 radical (unpaired) electrons. The number of aliphatic hydroxyl groups is 1. The second kappa shape index (κ2) is 6.62. The normalized spacial score (nSPS) is 10.8. The average Bonchev–Trinajstić information content (AvgIpc) is 2.86. The Morgan fingerprint density at radius 2 is 2.19 bits per heavy atom. The minimum Gasteiger partial charge on any atom is -0.395 e. The van der Waals surface area contributed by atoms with Crippen molar-refractivity contribution in [2.45, 2.75) is 11.3 Å². The van der Waals surface area contributed by atoms with Crippen molar-refractivity contribution in [1.29, 1.82) is 0 Å². The summed E-state index contributed by atoms with van der Waals surface area (Å²) >= 11 is 1.04. The van der Waals surface area contributed by atoms with Gasteiger partial charge in [-0.25, -0.2) is 17.8 Å². The topological polar surface area (TPSA) is 92.2 Å². The molecule has 0 aliphatic rings. The fraction of sp³-hybridized carbons (Fsp3) is 0.167. The Balaban J connectivity index is 2.16. The highest BCUT2D eigenvalue weighted by Crippen LogP contribution is 2.21. The smallest absolute Gasteiger partial charge is 0.265 e. The number of pyridine rings is 1. The molecule has 0 amide bonds. The molecule has 0 aliphatic heterocycles. The first-order valence-corrected chi connectivity index (χ1v) is 8.00. The van der Waals surface area contributed by atoms with Crippen LogP contribution in [0.25, 0.3) is 0 Å². The van der Waals surface area contributed by atoms with E-state index in [-0.39, 0.29) is 16.6 Å². The highest BCUT2D eigenvalue weighted by atomic mass is 32.2. The molecule has 110 valence electrons. The molecule has 2 rings (SSSR count). The molecule has 0 aliphatic carbocycles. The van der Waals surface area contributed by atoms with Crippen LogP contribution in [0.1, 0.15) is 11.3 Å². The lowest BCUT2D eigenvalue weighted by Crippen LogP contribution is -2.13. The SMILES string of the molecule is O=S(=O)(Nc1ncc(C#CCCO)s1)c1cncc(F)c1. The molecule has 0 bridgehead atoms. The summed E-state index contributed by atoms with van der Waals surface area (Å²) in [6.45, 7) is -0.0438. The lowest BCUT2D eigenvalue weighted by molar-refractivity contribution is 0.305. The van der Waals surface area contributed by atoms with E-state index in [2.05, 4.69) is 26.5 Å². The number of aromatic nitrogens is 2. The van der Waals surface area contributed by atoms with E-state index in [0.717, 1.165) is 29.8 Å². The molecular weight excluding hydrogens is 317 g/mol. The first-order valence-electron chi connectivity index (χ1n) is 5.70. The van der Waals surface area contributed by atoms with Crippen LogP contribution < -0.4 is 4.72 Å². The molecule has 0 aromatic carbocycles. The van der Waals surface area contributed by atoms with Gasteiger partial charge in [0, 0.05) is 12.6 Å². The van der Waals surface area contributed by atoms with Gasteiger partial charge in [0.1, 0.15) is 10.7 Å². The van der Waals surface area contributed by atoms with Gasteiger partial charge in [0.05, 0.1) is 23.9 Å². The van der Waals surface area contributed by atoms with Crippen LogP contribution in [0.2, 0.25) is 0 Å². The molecule has 2 N–H and O–H groups in total. The molecule has 9 heteroatoms. The van der Waals surface area contributed by atoms with E-state index in [4.69, 9.17) is 5.11 Å². The molecule has 2 aromatic heterocycles. The number of hydrogen-bond donors (Lipinski definition) is 2. The van der Waals surface area contributed by atoms with Gasteiger partial charge in [-0.3, -0.25) is 9.71 Å².